The molecule has 0 saturated carbocycles. The van der Waals surface area contributed by atoms with Gasteiger partial charge in [-0.05, 0) is 24.6 Å². The fourth-order valence-corrected chi connectivity index (χ4v) is 4.75. The number of carbonyl (C=O) groups excluding carboxylic acids is 1. The molecule has 1 aromatic carbocycles. The van der Waals surface area contributed by atoms with Crippen LogP contribution in [-0.4, -0.2) is 42.2 Å². The lowest BCUT2D eigenvalue weighted by Crippen LogP contribution is -2.36. The Morgan fingerprint density at radius 2 is 1.88 bits per heavy atom. The van der Waals surface area contributed by atoms with Crippen molar-refractivity contribution in [1.29, 1.82) is 0 Å². The van der Waals surface area contributed by atoms with Crippen molar-refractivity contribution in [3.05, 3.63) is 47.6 Å². The van der Waals surface area contributed by atoms with Gasteiger partial charge in [0.2, 0.25) is 5.03 Å². The summed E-state index contributed by atoms with van der Waals surface area (Å²) >= 11 is 0. The van der Waals surface area contributed by atoms with Crippen LogP contribution in [0.3, 0.4) is 0 Å². The van der Waals surface area contributed by atoms with E-state index < -0.39 is 44.4 Å². The zero-order chi connectivity index (χ0) is 24.4. The molecule has 0 bridgehead atoms. The maximum Gasteiger partial charge on any atom is 0.433 e. The molecule has 3 aromatic heterocycles. The summed E-state index contributed by atoms with van der Waals surface area (Å²) in [5, 5.41) is 2.81. The number of anilines is 1. The average molecular weight is 497 g/mol. The zero-order valence-corrected chi connectivity index (χ0v) is 18.2. The second kappa shape index (κ2) is 7.41. The van der Waals surface area contributed by atoms with Crippen molar-refractivity contribution in [3.63, 3.8) is 0 Å². The van der Waals surface area contributed by atoms with E-state index in [0.717, 1.165) is 36.3 Å². The van der Waals surface area contributed by atoms with E-state index in [2.05, 4.69) is 10.1 Å². The third-order valence-electron chi connectivity index (χ3n) is 5.44. The second-order valence-corrected chi connectivity index (χ2v) is 9.32. The number of fused-ring (bicyclic) bond motifs is 2. The van der Waals surface area contributed by atoms with Crippen LogP contribution in [-0.2, 0) is 23.2 Å². The molecule has 14 heteroatoms. The topological polar surface area (TPSA) is 110 Å². The molecule has 9 nitrogen and oxygen atoms in total. The lowest BCUT2D eigenvalue weighted by Gasteiger charge is -2.33. The number of carbonyl (C=O) groups is 1. The quantitative estimate of drug-likeness (QED) is 0.431. The number of halogens is 4. The molecule has 0 unspecified atom stereocenters. The lowest BCUT2D eigenvalue weighted by molar-refractivity contribution is -0.141. The fraction of sp³-hybridized carbons (Fsp3) is 0.250. The van der Waals surface area contributed by atoms with Gasteiger partial charge in [-0.25, -0.2) is 18.8 Å². The monoisotopic (exact) mass is 497 g/mol. The number of sulfonamides is 1. The number of pyridine rings is 1. The van der Waals surface area contributed by atoms with Gasteiger partial charge in [0.15, 0.2) is 11.4 Å². The van der Waals surface area contributed by atoms with Crippen molar-refractivity contribution in [3.8, 4) is 0 Å². The van der Waals surface area contributed by atoms with Gasteiger partial charge in [0.1, 0.15) is 17.1 Å². The van der Waals surface area contributed by atoms with Gasteiger partial charge in [-0.3, -0.25) is 4.79 Å². The van der Waals surface area contributed by atoms with Gasteiger partial charge in [-0.15, -0.1) is 0 Å². The summed E-state index contributed by atoms with van der Waals surface area (Å²) < 4.78 is 87.0. The van der Waals surface area contributed by atoms with Crippen molar-refractivity contribution in [2.45, 2.75) is 17.6 Å². The molecule has 5 rings (SSSR count). The molecule has 1 aliphatic rings. The van der Waals surface area contributed by atoms with Crippen molar-refractivity contribution >= 4 is 43.6 Å². The highest BCUT2D eigenvalue weighted by molar-refractivity contribution is 7.90. The molecular weight excluding hydrogens is 482 g/mol. The van der Waals surface area contributed by atoms with Crippen molar-refractivity contribution in [2.75, 3.05) is 18.0 Å². The number of rotatable bonds is 4. The average Bonchev–Trinajstić information content (AvgIpc) is 3.28. The first-order chi connectivity index (χ1) is 15.9. The van der Waals surface area contributed by atoms with E-state index >= 15 is 0 Å². The van der Waals surface area contributed by atoms with Gasteiger partial charge in [-0.1, -0.05) is 0 Å². The van der Waals surface area contributed by atoms with Gasteiger partial charge in [0.05, 0.1) is 10.8 Å². The Balaban J connectivity index is 1.47. The molecule has 0 aliphatic carbocycles. The molecule has 178 valence electrons. The molecule has 1 N–H and O–H groups in total. The van der Waals surface area contributed by atoms with E-state index in [-0.39, 0.29) is 22.0 Å². The van der Waals surface area contributed by atoms with Crippen LogP contribution in [0.1, 0.15) is 22.7 Å². The van der Waals surface area contributed by atoms with Gasteiger partial charge in [0.25, 0.3) is 10.0 Å². The second-order valence-electron chi connectivity index (χ2n) is 7.72. The lowest BCUT2D eigenvalue weighted by atomic mass is 10.1. The Bertz CT molecular complexity index is 1570. The third kappa shape index (κ3) is 3.63. The van der Waals surface area contributed by atoms with Crippen molar-refractivity contribution in [1.82, 2.24) is 19.5 Å². The van der Waals surface area contributed by atoms with E-state index in [0.29, 0.717) is 11.8 Å². The summed E-state index contributed by atoms with van der Waals surface area (Å²) in [7, 11) is -3.42. The minimum absolute atomic E-state index is 0.000938. The summed E-state index contributed by atoms with van der Waals surface area (Å²) in [6.07, 6.45) is -3.77. The minimum atomic E-state index is -4.74. The molecule has 1 amide bonds. The summed E-state index contributed by atoms with van der Waals surface area (Å²) in [4.78, 5) is 18.0. The number of nitrogens with one attached hydrogen (secondary N) is 1. The first-order valence-corrected chi connectivity index (χ1v) is 11.4. The number of nitrogens with zero attached hydrogens (tertiary/aromatic N) is 4. The van der Waals surface area contributed by atoms with Crippen LogP contribution in [0.15, 0.2) is 39.8 Å². The van der Waals surface area contributed by atoms with Gasteiger partial charge in [-0.2, -0.15) is 26.7 Å². The highest BCUT2D eigenvalue weighted by atomic mass is 32.2. The Morgan fingerprint density at radius 3 is 2.53 bits per heavy atom. The molecule has 1 aliphatic heterocycles. The largest absolute Gasteiger partial charge is 0.451 e. The highest BCUT2D eigenvalue weighted by Gasteiger charge is 2.34. The van der Waals surface area contributed by atoms with Gasteiger partial charge in [0, 0.05) is 38.0 Å². The summed E-state index contributed by atoms with van der Waals surface area (Å²) in [5.41, 5.74) is -0.919. The van der Waals surface area contributed by atoms with Crippen LogP contribution in [0.25, 0.3) is 22.0 Å². The van der Waals surface area contributed by atoms with Crippen LogP contribution < -0.4 is 9.62 Å². The van der Waals surface area contributed by atoms with Crippen LogP contribution >= 0.6 is 0 Å². The Labute approximate surface area is 189 Å². The Hall–Kier alpha value is -3.68. The standard InChI is InChI=1S/C20H15F4N5O4S/c1-28-17-11(3-4-16(25-17)20(22,23)24)19(26-28)34(31,32)27-18(30)15-9-12-13(21)7-10(8-14(12)33-15)29-5-2-6-29/h3-4,7-9H,2,5-6H2,1H3,(H,27,30). The molecular formula is C20H15F4N5O4S. The highest BCUT2D eigenvalue weighted by Crippen LogP contribution is 2.32. The predicted molar refractivity (Wildman–Crippen MR) is 111 cm³/mol. The number of aromatic nitrogens is 3. The van der Waals surface area contributed by atoms with Gasteiger partial charge >= 0.3 is 12.1 Å². The maximum atomic E-state index is 14.5. The van der Waals surface area contributed by atoms with Crippen LogP contribution in [0, 0.1) is 5.82 Å². The summed E-state index contributed by atoms with van der Waals surface area (Å²) in [6.45, 7) is 1.52. The number of aryl methyl sites for hydroxylation is 1. The third-order valence-corrected chi connectivity index (χ3v) is 6.71. The molecule has 4 heterocycles. The molecule has 1 saturated heterocycles. The first kappa shape index (κ1) is 22.1. The summed E-state index contributed by atoms with van der Waals surface area (Å²) in [6, 6.07) is 5.45. The Kier molecular flexibility index (Phi) is 4.83. The Morgan fingerprint density at radius 1 is 1.15 bits per heavy atom. The van der Waals surface area contributed by atoms with E-state index in [1.54, 1.807) is 10.8 Å². The summed E-state index contributed by atoms with van der Waals surface area (Å²) in [5.74, 6) is -2.29. The van der Waals surface area contributed by atoms with Crippen LogP contribution in [0.2, 0.25) is 0 Å². The first-order valence-electron chi connectivity index (χ1n) is 9.90. The normalized spacial score (nSPS) is 14.6. The van der Waals surface area contributed by atoms with Crippen molar-refractivity contribution in [2.24, 2.45) is 7.05 Å². The van der Waals surface area contributed by atoms with Crippen LogP contribution in [0.4, 0.5) is 23.2 Å². The molecule has 34 heavy (non-hydrogen) atoms. The zero-order valence-electron chi connectivity index (χ0n) is 17.4. The number of furan rings is 1. The van der Waals surface area contributed by atoms with E-state index in [9.17, 15) is 30.8 Å². The van der Waals surface area contributed by atoms with Crippen molar-refractivity contribution < 1.29 is 35.2 Å². The molecule has 0 spiro atoms. The number of hydrogen-bond acceptors (Lipinski definition) is 7. The molecule has 0 radical (unpaired) electrons. The number of hydrogen-bond donors (Lipinski definition) is 1. The van der Waals surface area contributed by atoms with Crippen LogP contribution in [0.5, 0.6) is 0 Å². The van der Waals surface area contributed by atoms with E-state index in [4.69, 9.17) is 4.42 Å². The minimum Gasteiger partial charge on any atom is -0.451 e. The van der Waals surface area contributed by atoms with E-state index in [1.807, 2.05) is 4.90 Å². The van der Waals surface area contributed by atoms with Gasteiger partial charge < -0.3 is 9.32 Å². The number of alkyl halides is 3. The molecule has 0 atom stereocenters. The van der Waals surface area contributed by atoms with E-state index in [1.165, 1.54) is 13.1 Å². The predicted octanol–water partition coefficient (Wildman–Crippen LogP) is 3.20. The molecule has 1 fully saturated rings. The fourth-order valence-electron chi connectivity index (χ4n) is 3.63. The molecule has 4 aromatic rings. The SMILES string of the molecule is Cn1nc(S(=O)(=O)NC(=O)c2cc3c(F)cc(N4CCC4)cc3o2)c2ccc(C(F)(F)F)nc21. The maximum absolute atomic E-state index is 14.5. The number of amides is 1. The smallest absolute Gasteiger partial charge is 0.433 e. The number of benzene rings is 1.